The summed E-state index contributed by atoms with van der Waals surface area (Å²) < 4.78 is 22.9. The number of carbonyl (C=O) groups excluding carboxylic acids is 3. The molecule has 0 aromatic carbocycles. The molecule has 2 heterocycles. The molecule has 4 aliphatic rings. The van der Waals surface area contributed by atoms with Crippen LogP contribution < -0.4 is 0 Å². The molecule has 2 saturated heterocycles. The van der Waals surface area contributed by atoms with Gasteiger partial charge >= 0.3 is 17.9 Å². The van der Waals surface area contributed by atoms with Crippen LogP contribution in [-0.4, -0.2) is 70.3 Å². The number of hydrogen-bond acceptors (Lipinski definition) is 9. The lowest BCUT2D eigenvalue weighted by molar-refractivity contribution is -0.210. The minimum absolute atomic E-state index is 0.143. The topological polar surface area (TPSA) is 132 Å². The van der Waals surface area contributed by atoms with Crippen molar-refractivity contribution in [2.45, 2.75) is 96.6 Å². The van der Waals surface area contributed by atoms with Crippen molar-refractivity contribution in [2.24, 2.45) is 23.2 Å². The number of fused-ring (bicyclic) bond motifs is 4. The third-order valence-electron chi connectivity index (χ3n) is 8.50. The van der Waals surface area contributed by atoms with Crippen molar-refractivity contribution in [3.05, 3.63) is 10.6 Å². The summed E-state index contributed by atoms with van der Waals surface area (Å²) in [6.45, 7) is 9.53. The lowest BCUT2D eigenvalue weighted by Gasteiger charge is -2.54. The Morgan fingerprint density at radius 2 is 1.79 bits per heavy atom. The van der Waals surface area contributed by atoms with Crippen molar-refractivity contribution in [3.63, 3.8) is 0 Å². The van der Waals surface area contributed by atoms with Gasteiger partial charge in [-0.1, -0.05) is 31.0 Å². The molecular formula is C24H33ClO9. The van der Waals surface area contributed by atoms with Crippen molar-refractivity contribution in [2.75, 3.05) is 0 Å². The summed E-state index contributed by atoms with van der Waals surface area (Å²) in [5, 5.41) is 24.0. The Balaban J connectivity index is 1.91. The molecule has 9 nitrogen and oxygen atoms in total. The van der Waals surface area contributed by atoms with Crippen LogP contribution in [0, 0.1) is 23.2 Å². The van der Waals surface area contributed by atoms with Crippen LogP contribution in [0.3, 0.4) is 0 Å². The normalized spacial score (nSPS) is 48.1. The smallest absolute Gasteiger partial charge is 0.312 e. The zero-order valence-corrected chi connectivity index (χ0v) is 21.0. The van der Waals surface area contributed by atoms with Crippen molar-refractivity contribution in [1.82, 2.24) is 0 Å². The highest BCUT2D eigenvalue weighted by Crippen LogP contribution is 2.61. The zero-order valence-electron chi connectivity index (χ0n) is 20.2. The van der Waals surface area contributed by atoms with Crippen LogP contribution in [0.1, 0.15) is 54.4 Å². The van der Waals surface area contributed by atoms with E-state index in [4.69, 9.17) is 30.5 Å². The molecule has 11 unspecified atom stereocenters. The summed E-state index contributed by atoms with van der Waals surface area (Å²) in [6, 6.07) is 0. The molecule has 0 amide bonds. The molecule has 0 spiro atoms. The number of aliphatic hydroxyl groups excluding tert-OH is 1. The predicted octanol–water partition coefficient (Wildman–Crippen LogP) is 1.85. The van der Waals surface area contributed by atoms with E-state index in [1.807, 2.05) is 6.92 Å². The first-order valence-corrected chi connectivity index (χ1v) is 12.1. The van der Waals surface area contributed by atoms with Gasteiger partial charge in [-0.15, -0.1) is 0 Å². The first-order chi connectivity index (χ1) is 15.8. The zero-order chi connectivity index (χ0) is 25.3. The first kappa shape index (κ1) is 25.4. The number of aliphatic hydroxyl groups is 2. The molecule has 3 fully saturated rings. The van der Waals surface area contributed by atoms with E-state index >= 15 is 0 Å². The Morgan fingerprint density at radius 3 is 2.38 bits per heavy atom. The van der Waals surface area contributed by atoms with Gasteiger partial charge < -0.3 is 29.2 Å². The predicted molar refractivity (Wildman–Crippen MR) is 118 cm³/mol. The van der Waals surface area contributed by atoms with E-state index in [9.17, 15) is 24.6 Å². The average Bonchev–Trinajstić information content (AvgIpc) is 3.52. The summed E-state index contributed by atoms with van der Waals surface area (Å²) in [7, 11) is 0. The summed E-state index contributed by atoms with van der Waals surface area (Å²) in [4.78, 5) is 36.6. The van der Waals surface area contributed by atoms with Crippen LogP contribution >= 0.6 is 11.6 Å². The number of halogens is 1. The van der Waals surface area contributed by atoms with Gasteiger partial charge in [0.15, 0.2) is 6.10 Å². The Hall–Kier alpha value is -1.68. The van der Waals surface area contributed by atoms with E-state index in [-0.39, 0.29) is 5.03 Å². The third kappa shape index (κ3) is 3.58. The highest BCUT2D eigenvalue weighted by atomic mass is 35.5. The molecule has 0 radical (unpaired) electrons. The highest BCUT2D eigenvalue weighted by molar-refractivity contribution is 6.30. The summed E-state index contributed by atoms with van der Waals surface area (Å²) >= 11 is 6.62. The van der Waals surface area contributed by atoms with E-state index < -0.39 is 83.3 Å². The van der Waals surface area contributed by atoms with E-state index in [2.05, 4.69) is 0 Å². The van der Waals surface area contributed by atoms with Gasteiger partial charge in [-0.3, -0.25) is 14.4 Å². The molecule has 0 aromatic heterocycles. The van der Waals surface area contributed by atoms with Crippen LogP contribution in [0.2, 0.25) is 0 Å². The molecule has 2 aliphatic heterocycles. The van der Waals surface area contributed by atoms with E-state index in [1.54, 1.807) is 13.8 Å². The van der Waals surface area contributed by atoms with Gasteiger partial charge in [-0.05, 0) is 26.7 Å². The Morgan fingerprint density at radius 1 is 1.18 bits per heavy atom. The van der Waals surface area contributed by atoms with Crippen LogP contribution in [-0.2, 0) is 33.3 Å². The SMILES string of the molecule is CC(=O)OC1C(C)C2C(O)C3(O)C(C)C(=O)OC3C(Cl)=C(C)CCC(OC(C)=O)C2(C)C2OC12. The van der Waals surface area contributed by atoms with E-state index in [0.29, 0.717) is 18.4 Å². The fourth-order valence-corrected chi connectivity index (χ4v) is 6.91. The number of esters is 3. The fourth-order valence-electron chi connectivity index (χ4n) is 6.60. The van der Waals surface area contributed by atoms with Crippen molar-refractivity contribution < 1.29 is 43.5 Å². The second kappa shape index (κ2) is 8.47. The monoisotopic (exact) mass is 500 g/mol. The average molecular weight is 501 g/mol. The molecule has 2 aliphatic carbocycles. The quantitative estimate of drug-likeness (QED) is 0.331. The molecule has 4 rings (SSSR count). The van der Waals surface area contributed by atoms with Crippen LogP contribution in [0.15, 0.2) is 10.6 Å². The van der Waals surface area contributed by atoms with E-state index in [0.717, 1.165) is 0 Å². The molecule has 1 saturated carbocycles. The minimum atomic E-state index is -2.06. The fraction of sp³-hybridized carbons (Fsp3) is 0.792. The van der Waals surface area contributed by atoms with Gasteiger partial charge in [-0.25, -0.2) is 0 Å². The molecule has 0 bridgehead atoms. The molecule has 11 atom stereocenters. The third-order valence-corrected chi connectivity index (χ3v) is 9.02. The second-order valence-corrected chi connectivity index (χ2v) is 10.9. The molecule has 0 aromatic rings. The minimum Gasteiger partial charge on any atom is -0.462 e. The number of rotatable bonds is 2. The lowest BCUT2D eigenvalue weighted by Crippen LogP contribution is -2.66. The summed E-state index contributed by atoms with van der Waals surface area (Å²) in [5.41, 5.74) is -2.36. The maximum atomic E-state index is 12.6. The number of carbonyl (C=O) groups is 3. The molecule has 190 valence electrons. The van der Waals surface area contributed by atoms with Crippen molar-refractivity contribution in [1.29, 1.82) is 0 Å². The maximum Gasteiger partial charge on any atom is 0.312 e. The van der Waals surface area contributed by atoms with Crippen molar-refractivity contribution in [3.8, 4) is 0 Å². The van der Waals surface area contributed by atoms with E-state index in [1.165, 1.54) is 20.8 Å². The van der Waals surface area contributed by atoms with Gasteiger partial charge in [0.25, 0.3) is 0 Å². The molecule has 34 heavy (non-hydrogen) atoms. The standard InChI is InChI=1S/C24H33ClO9/c1-9-7-8-14(31-12(4)26)23(6)15(10(2)17(32-13(5)27)18-21(23)33-18)19(28)24(30)11(3)22(29)34-20(24)16(9)25/h10-11,14-15,17-21,28,30H,7-8H2,1-6H3. The summed E-state index contributed by atoms with van der Waals surface area (Å²) in [6.07, 6.45) is -4.30. The lowest BCUT2D eigenvalue weighted by atomic mass is 9.54. The number of ether oxygens (including phenoxy) is 4. The summed E-state index contributed by atoms with van der Waals surface area (Å²) in [5.74, 6) is -4.04. The largest absolute Gasteiger partial charge is 0.462 e. The van der Waals surface area contributed by atoms with Crippen LogP contribution in [0.5, 0.6) is 0 Å². The van der Waals surface area contributed by atoms with Gasteiger partial charge in [0.05, 0.1) is 23.2 Å². The highest BCUT2D eigenvalue weighted by Gasteiger charge is 2.74. The molecular weight excluding hydrogens is 468 g/mol. The first-order valence-electron chi connectivity index (χ1n) is 11.7. The Bertz CT molecular complexity index is 933. The molecule has 2 N–H and O–H groups in total. The Kier molecular flexibility index (Phi) is 6.33. The van der Waals surface area contributed by atoms with Gasteiger partial charge in [0.1, 0.15) is 23.9 Å². The van der Waals surface area contributed by atoms with Gasteiger partial charge in [-0.2, -0.15) is 0 Å². The van der Waals surface area contributed by atoms with Crippen LogP contribution in [0.4, 0.5) is 0 Å². The number of allylic oxidation sites excluding steroid dienone is 1. The van der Waals surface area contributed by atoms with Gasteiger partial charge in [0, 0.05) is 31.1 Å². The number of epoxide rings is 1. The maximum absolute atomic E-state index is 12.6. The second-order valence-electron chi connectivity index (χ2n) is 10.5. The Labute approximate surface area is 203 Å². The molecule has 10 heteroatoms. The van der Waals surface area contributed by atoms with Crippen molar-refractivity contribution >= 4 is 29.5 Å². The van der Waals surface area contributed by atoms with Crippen LogP contribution in [0.25, 0.3) is 0 Å². The van der Waals surface area contributed by atoms with Gasteiger partial charge in [0.2, 0.25) is 0 Å². The number of hydrogen-bond donors (Lipinski definition) is 2.